The number of hydrogen-bond acceptors (Lipinski definition) is 2. The summed E-state index contributed by atoms with van der Waals surface area (Å²) in [6, 6.07) is 0. The van der Waals surface area contributed by atoms with Crippen LogP contribution in [-0.2, 0) is 0 Å². The van der Waals surface area contributed by atoms with Crippen LogP contribution >= 0.6 is 0 Å². The maximum absolute atomic E-state index is 10.3. The molecule has 2 aliphatic rings. The molecule has 0 saturated heterocycles. The van der Waals surface area contributed by atoms with Crippen molar-refractivity contribution >= 4 is 0 Å². The lowest BCUT2D eigenvalue weighted by Crippen LogP contribution is -2.43. The van der Waals surface area contributed by atoms with E-state index in [1.54, 1.807) is 0 Å². The summed E-state index contributed by atoms with van der Waals surface area (Å²) in [7, 11) is 0. The van der Waals surface area contributed by atoms with Crippen molar-refractivity contribution in [2.75, 3.05) is 19.6 Å². The molecule has 2 rings (SSSR count). The fourth-order valence-corrected chi connectivity index (χ4v) is 3.47. The third-order valence-electron chi connectivity index (χ3n) is 4.77. The average Bonchev–Trinajstić information content (AvgIpc) is 3.05. The average molecular weight is 239 g/mol. The van der Waals surface area contributed by atoms with Crippen molar-refractivity contribution in [1.29, 1.82) is 0 Å². The summed E-state index contributed by atoms with van der Waals surface area (Å²) in [4.78, 5) is 2.57. The third-order valence-corrected chi connectivity index (χ3v) is 4.77. The van der Waals surface area contributed by atoms with Crippen molar-refractivity contribution in [2.24, 2.45) is 23.7 Å². The Hall–Kier alpha value is -0.0800. The summed E-state index contributed by atoms with van der Waals surface area (Å²) < 4.78 is 0. The zero-order chi connectivity index (χ0) is 12.4. The minimum Gasteiger partial charge on any atom is -0.393 e. The Morgan fingerprint density at radius 1 is 1.12 bits per heavy atom. The molecule has 100 valence electrons. The van der Waals surface area contributed by atoms with Gasteiger partial charge in [-0.3, -0.25) is 0 Å². The van der Waals surface area contributed by atoms with Crippen LogP contribution in [0, 0.1) is 23.7 Å². The van der Waals surface area contributed by atoms with Gasteiger partial charge in [-0.05, 0) is 50.0 Å². The van der Waals surface area contributed by atoms with Gasteiger partial charge < -0.3 is 10.0 Å². The lowest BCUT2D eigenvalue weighted by atomic mass is 9.73. The van der Waals surface area contributed by atoms with Gasteiger partial charge >= 0.3 is 0 Å². The monoisotopic (exact) mass is 239 g/mol. The second-order valence-electron chi connectivity index (χ2n) is 6.58. The largest absolute Gasteiger partial charge is 0.393 e. The zero-order valence-electron chi connectivity index (χ0n) is 11.7. The predicted molar refractivity (Wildman–Crippen MR) is 71.9 cm³/mol. The van der Waals surface area contributed by atoms with Gasteiger partial charge in [0.25, 0.3) is 0 Å². The highest BCUT2D eigenvalue weighted by Crippen LogP contribution is 2.35. The van der Waals surface area contributed by atoms with Gasteiger partial charge in [-0.1, -0.05) is 20.8 Å². The standard InChI is InChI=1S/C15H29NO/c1-4-16(9-13-5-6-13)10-14-12(3)7-11(2)8-15(14)17/h11-15,17H,4-10H2,1-3H3. The van der Waals surface area contributed by atoms with Gasteiger partial charge in [0.2, 0.25) is 0 Å². The molecule has 0 bridgehead atoms. The Kier molecular flexibility index (Phi) is 4.48. The van der Waals surface area contributed by atoms with E-state index in [1.807, 2.05) is 0 Å². The van der Waals surface area contributed by atoms with E-state index in [1.165, 1.54) is 25.8 Å². The Labute approximate surface area is 106 Å². The van der Waals surface area contributed by atoms with Gasteiger partial charge in [-0.15, -0.1) is 0 Å². The van der Waals surface area contributed by atoms with Gasteiger partial charge in [-0.25, -0.2) is 0 Å². The number of hydrogen-bond donors (Lipinski definition) is 1. The van der Waals surface area contributed by atoms with E-state index in [4.69, 9.17) is 0 Å². The molecular formula is C15H29NO. The highest BCUT2D eigenvalue weighted by atomic mass is 16.3. The maximum atomic E-state index is 10.3. The second-order valence-corrected chi connectivity index (χ2v) is 6.58. The van der Waals surface area contributed by atoms with E-state index >= 15 is 0 Å². The first-order valence-electron chi connectivity index (χ1n) is 7.50. The quantitative estimate of drug-likeness (QED) is 0.797. The Morgan fingerprint density at radius 2 is 1.82 bits per heavy atom. The molecule has 2 heteroatoms. The van der Waals surface area contributed by atoms with E-state index in [-0.39, 0.29) is 6.10 Å². The highest BCUT2D eigenvalue weighted by Gasteiger charge is 2.34. The van der Waals surface area contributed by atoms with Crippen LogP contribution in [0.3, 0.4) is 0 Å². The minimum absolute atomic E-state index is 0.0676. The summed E-state index contributed by atoms with van der Waals surface area (Å²) in [5.41, 5.74) is 0. The van der Waals surface area contributed by atoms with Crippen LogP contribution in [0.1, 0.15) is 46.5 Å². The van der Waals surface area contributed by atoms with Crippen LogP contribution in [0.2, 0.25) is 0 Å². The van der Waals surface area contributed by atoms with Gasteiger partial charge in [-0.2, -0.15) is 0 Å². The second kappa shape index (κ2) is 5.71. The number of aliphatic hydroxyl groups excluding tert-OH is 1. The van der Waals surface area contributed by atoms with Crippen molar-refractivity contribution in [3.63, 3.8) is 0 Å². The fourth-order valence-electron chi connectivity index (χ4n) is 3.47. The topological polar surface area (TPSA) is 23.5 Å². The molecule has 0 aromatic heterocycles. The Morgan fingerprint density at radius 3 is 2.35 bits per heavy atom. The van der Waals surface area contributed by atoms with E-state index in [0.717, 1.165) is 25.4 Å². The van der Waals surface area contributed by atoms with Crippen LogP contribution in [0.5, 0.6) is 0 Å². The Balaban J connectivity index is 1.86. The van der Waals surface area contributed by atoms with Crippen LogP contribution in [0.15, 0.2) is 0 Å². The summed E-state index contributed by atoms with van der Waals surface area (Å²) in [6.07, 6.45) is 5.09. The molecule has 2 aliphatic carbocycles. The van der Waals surface area contributed by atoms with E-state index in [9.17, 15) is 5.11 Å². The van der Waals surface area contributed by atoms with E-state index < -0.39 is 0 Å². The molecule has 4 unspecified atom stereocenters. The summed E-state index contributed by atoms with van der Waals surface area (Å²) in [5.74, 6) is 2.85. The van der Waals surface area contributed by atoms with E-state index in [0.29, 0.717) is 17.8 Å². The number of aliphatic hydroxyl groups is 1. The van der Waals surface area contributed by atoms with Crippen molar-refractivity contribution in [2.45, 2.75) is 52.6 Å². The molecule has 0 aliphatic heterocycles. The van der Waals surface area contributed by atoms with Crippen LogP contribution < -0.4 is 0 Å². The molecule has 17 heavy (non-hydrogen) atoms. The minimum atomic E-state index is -0.0676. The van der Waals surface area contributed by atoms with Gasteiger partial charge in [0.05, 0.1) is 6.10 Å². The summed E-state index contributed by atoms with van der Waals surface area (Å²) in [6.45, 7) is 10.4. The summed E-state index contributed by atoms with van der Waals surface area (Å²) >= 11 is 0. The van der Waals surface area contributed by atoms with Crippen LogP contribution in [0.25, 0.3) is 0 Å². The number of rotatable bonds is 5. The first-order chi connectivity index (χ1) is 8.10. The predicted octanol–water partition coefficient (Wildman–Crippen LogP) is 2.76. The normalized spacial score (nSPS) is 38.6. The molecule has 0 heterocycles. The highest BCUT2D eigenvalue weighted by molar-refractivity contribution is 4.86. The van der Waals surface area contributed by atoms with Gasteiger partial charge in [0.1, 0.15) is 0 Å². The molecule has 2 nitrogen and oxygen atoms in total. The summed E-state index contributed by atoms with van der Waals surface area (Å²) in [5, 5.41) is 10.3. The van der Waals surface area contributed by atoms with Crippen molar-refractivity contribution in [3.8, 4) is 0 Å². The molecule has 4 atom stereocenters. The van der Waals surface area contributed by atoms with Crippen LogP contribution in [0.4, 0.5) is 0 Å². The van der Waals surface area contributed by atoms with Crippen molar-refractivity contribution in [3.05, 3.63) is 0 Å². The molecule has 0 aromatic carbocycles. The van der Waals surface area contributed by atoms with Crippen molar-refractivity contribution < 1.29 is 5.11 Å². The lowest BCUT2D eigenvalue weighted by molar-refractivity contribution is -0.00191. The molecule has 0 radical (unpaired) electrons. The molecule has 2 fully saturated rings. The van der Waals surface area contributed by atoms with E-state index in [2.05, 4.69) is 25.7 Å². The molecular weight excluding hydrogens is 210 g/mol. The van der Waals surface area contributed by atoms with Crippen molar-refractivity contribution in [1.82, 2.24) is 4.90 Å². The van der Waals surface area contributed by atoms with Crippen LogP contribution in [-0.4, -0.2) is 35.7 Å². The molecule has 1 N–H and O–H groups in total. The van der Waals surface area contributed by atoms with Gasteiger partial charge in [0, 0.05) is 19.0 Å². The molecule has 2 saturated carbocycles. The SMILES string of the molecule is CCN(CC1CC1)CC1C(C)CC(C)CC1O. The Bertz CT molecular complexity index is 227. The first-order valence-corrected chi connectivity index (χ1v) is 7.50. The maximum Gasteiger partial charge on any atom is 0.0585 e. The smallest absolute Gasteiger partial charge is 0.0585 e. The zero-order valence-corrected chi connectivity index (χ0v) is 11.7. The molecule has 0 amide bonds. The lowest BCUT2D eigenvalue weighted by Gasteiger charge is -2.39. The van der Waals surface area contributed by atoms with Gasteiger partial charge in [0.15, 0.2) is 0 Å². The fraction of sp³-hybridized carbons (Fsp3) is 1.00. The first kappa shape index (κ1) is 13.4. The number of nitrogens with zero attached hydrogens (tertiary/aromatic N) is 1. The molecule has 0 aromatic rings. The third kappa shape index (κ3) is 3.69. The molecule has 0 spiro atoms.